The third kappa shape index (κ3) is 2.87. The summed E-state index contributed by atoms with van der Waals surface area (Å²) in [6.07, 6.45) is 0.712. The molecule has 3 heteroatoms. The molecule has 0 bridgehead atoms. The van der Waals surface area contributed by atoms with Crippen molar-refractivity contribution in [1.29, 1.82) is 0 Å². The van der Waals surface area contributed by atoms with Crippen LogP contribution >= 0.6 is 0 Å². The van der Waals surface area contributed by atoms with Crippen LogP contribution < -0.4 is 10.5 Å². The molecule has 2 aromatic rings. The van der Waals surface area contributed by atoms with Gasteiger partial charge in [0, 0.05) is 0 Å². The van der Waals surface area contributed by atoms with E-state index in [1.165, 1.54) is 6.07 Å². The Bertz CT molecular complexity index is 540. The first-order valence-corrected chi connectivity index (χ1v) is 5.92. The highest BCUT2D eigenvalue weighted by Crippen LogP contribution is 2.28. The van der Waals surface area contributed by atoms with Crippen molar-refractivity contribution in [2.45, 2.75) is 13.3 Å². The average Bonchev–Trinajstić information content (AvgIpc) is 2.36. The second kappa shape index (κ2) is 5.65. The Morgan fingerprint density at radius 3 is 2.67 bits per heavy atom. The number of nitrogens with two attached hydrogens (primary N) is 1. The summed E-state index contributed by atoms with van der Waals surface area (Å²) in [6.45, 7) is 2.44. The Kier molecular flexibility index (Phi) is 3.95. The van der Waals surface area contributed by atoms with Crippen LogP contribution in [-0.4, -0.2) is 6.54 Å². The second-order valence-electron chi connectivity index (χ2n) is 4.18. The van der Waals surface area contributed by atoms with Gasteiger partial charge >= 0.3 is 0 Å². The summed E-state index contributed by atoms with van der Waals surface area (Å²) >= 11 is 0. The Morgan fingerprint density at radius 2 is 1.89 bits per heavy atom. The largest absolute Gasteiger partial charge is 0.454 e. The topological polar surface area (TPSA) is 35.2 Å². The molecule has 0 aliphatic heterocycles. The van der Waals surface area contributed by atoms with Crippen molar-refractivity contribution in [1.82, 2.24) is 0 Å². The molecule has 0 radical (unpaired) electrons. The molecule has 0 aliphatic rings. The first kappa shape index (κ1) is 12.6. The third-order valence-corrected chi connectivity index (χ3v) is 2.69. The number of halogens is 1. The summed E-state index contributed by atoms with van der Waals surface area (Å²) in [7, 11) is 0. The summed E-state index contributed by atoms with van der Waals surface area (Å²) in [5.41, 5.74) is 7.49. The molecule has 0 saturated heterocycles. The summed E-state index contributed by atoms with van der Waals surface area (Å²) in [6, 6.07) is 12.4. The molecule has 0 amide bonds. The first-order chi connectivity index (χ1) is 8.70. The van der Waals surface area contributed by atoms with Gasteiger partial charge in [-0.3, -0.25) is 0 Å². The molecular formula is C15H16FNO. The van der Waals surface area contributed by atoms with E-state index in [4.69, 9.17) is 10.5 Å². The number of para-hydroxylation sites is 1. The highest BCUT2D eigenvalue weighted by molar-refractivity contribution is 5.39. The minimum atomic E-state index is -0.358. The maximum absolute atomic E-state index is 13.6. The number of hydrogen-bond donors (Lipinski definition) is 1. The fourth-order valence-corrected chi connectivity index (χ4v) is 1.77. The smallest absolute Gasteiger partial charge is 0.165 e. The van der Waals surface area contributed by atoms with E-state index in [2.05, 4.69) is 0 Å². The predicted octanol–water partition coefficient (Wildman–Crippen LogP) is 3.43. The maximum atomic E-state index is 13.6. The molecule has 0 heterocycles. The van der Waals surface area contributed by atoms with Crippen LogP contribution in [0.15, 0.2) is 42.5 Å². The summed E-state index contributed by atoms with van der Waals surface area (Å²) in [5.74, 6) is 0.551. The van der Waals surface area contributed by atoms with Crippen molar-refractivity contribution in [2.24, 2.45) is 5.73 Å². The van der Waals surface area contributed by atoms with Crippen molar-refractivity contribution in [3.8, 4) is 11.5 Å². The lowest BCUT2D eigenvalue weighted by Crippen LogP contribution is -2.04. The van der Waals surface area contributed by atoms with Crippen LogP contribution in [0, 0.1) is 12.7 Å². The van der Waals surface area contributed by atoms with Gasteiger partial charge in [-0.25, -0.2) is 4.39 Å². The normalized spacial score (nSPS) is 10.4. The van der Waals surface area contributed by atoms with E-state index >= 15 is 0 Å². The van der Waals surface area contributed by atoms with Crippen molar-refractivity contribution in [3.63, 3.8) is 0 Å². The van der Waals surface area contributed by atoms with Crippen molar-refractivity contribution in [3.05, 3.63) is 59.4 Å². The van der Waals surface area contributed by atoms with Crippen LogP contribution in [0.1, 0.15) is 11.1 Å². The fourth-order valence-electron chi connectivity index (χ4n) is 1.77. The van der Waals surface area contributed by atoms with Crippen LogP contribution in [0.4, 0.5) is 4.39 Å². The first-order valence-electron chi connectivity index (χ1n) is 5.92. The van der Waals surface area contributed by atoms with Gasteiger partial charge in [-0.2, -0.15) is 0 Å². The molecule has 94 valence electrons. The molecule has 0 aromatic heterocycles. The third-order valence-electron chi connectivity index (χ3n) is 2.69. The Hall–Kier alpha value is -1.87. The van der Waals surface area contributed by atoms with E-state index in [-0.39, 0.29) is 11.6 Å². The van der Waals surface area contributed by atoms with Crippen LogP contribution in [0.5, 0.6) is 11.5 Å². The zero-order chi connectivity index (χ0) is 13.0. The quantitative estimate of drug-likeness (QED) is 0.895. The molecule has 0 fully saturated rings. The second-order valence-corrected chi connectivity index (χ2v) is 4.18. The van der Waals surface area contributed by atoms with Gasteiger partial charge in [-0.15, -0.1) is 0 Å². The molecule has 0 spiro atoms. The molecule has 0 saturated carbocycles. The highest BCUT2D eigenvalue weighted by Gasteiger charge is 2.08. The molecule has 2 nitrogen and oxygen atoms in total. The fraction of sp³-hybridized carbons (Fsp3) is 0.200. The van der Waals surface area contributed by atoms with Gasteiger partial charge in [-0.1, -0.05) is 24.3 Å². The van der Waals surface area contributed by atoms with Gasteiger partial charge in [0.15, 0.2) is 11.6 Å². The molecule has 0 aliphatic carbocycles. The maximum Gasteiger partial charge on any atom is 0.165 e. The van der Waals surface area contributed by atoms with Gasteiger partial charge in [0.05, 0.1) is 0 Å². The van der Waals surface area contributed by atoms with E-state index in [1.54, 1.807) is 12.1 Å². The molecular weight excluding hydrogens is 229 g/mol. The number of rotatable bonds is 4. The van der Waals surface area contributed by atoms with Gasteiger partial charge in [0.25, 0.3) is 0 Å². The van der Waals surface area contributed by atoms with Crippen molar-refractivity contribution in [2.75, 3.05) is 6.54 Å². The zero-order valence-electron chi connectivity index (χ0n) is 10.3. The number of aryl methyl sites for hydroxylation is 1. The van der Waals surface area contributed by atoms with Gasteiger partial charge in [-0.05, 0) is 49.2 Å². The molecule has 0 atom stereocenters. The summed E-state index contributed by atoms with van der Waals surface area (Å²) < 4.78 is 19.3. The monoisotopic (exact) mass is 245 g/mol. The van der Waals surface area contributed by atoms with Crippen molar-refractivity contribution >= 4 is 0 Å². The Morgan fingerprint density at radius 1 is 1.11 bits per heavy atom. The van der Waals surface area contributed by atoms with Crippen LogP contribution in [0.2, 0.25) is 0 Å². The number of hydrogen-bond acceptors (Lipinski definition) is 2. The average molecular weight is 245 g/mol. The Labute approximate surface area is 106 Å². The van der Waals surface area contributed by atoms with Crippen LogP contribution in [0.3, 0.4) is 0 Å². The predicted molar refractivity (Wildman–Crippen MR) is 70.4 cm³/mol. The molecule has 2 rings (SSSR count). The lowest BCUT2D eigenvalue weighted by Gasteiger charge is -2.11. The van der Waals surface area contributed by atoms with E-state index in [1.807, 2.05) is 31.2 Å². The van der Waals surface area contributed by atoms with E-state index in [0.717, 1.165) is 11.1 Å². The SMILES string of the molecule is Cc1ccc(F)c(Oc2ccccc2CCN)c1. The molecule has 2 aromatic carbocycles. The standard InChI is InChI=1S/C15H16FNO/c1-11-6-7-13(16)15(10-11)18-14-5-3-2-4-12(14)8-9-17/h2-7,10H,8-9,17H2,1H3. The van der Waals surface area contributed by atoms with Crippen LogP contribution in [0.25, 0.3) is 0 Å². The van der Waals surface area contributed by atoms with Gasteiger partial charge in [0.2, 0.25) is 0 Å². The lowest BCUT2D eigenvalue weighted by molar-refractivity contribution is 0.437. The molecule has 2 N–H and O–H groups in total. The number of ether oxygens (including phenoxy) is 1. The lowest BCUT2D eigenvalue weighted by atomic mass is 10.1. The van der Waals surface area contributed by atoms with Gasteiger partial charge < -0.3 is 10.5 Å². The van der Waals surface area contributed by atoms with Gasteiger partial charge in [0.1, 0.15) is 5.75 Å². The molecule has 18 heavy (non-hydrogen) atoms. The summed E-state index contributed by atoms with van der Waals surface area (Å²) in [4.78, 5) is 0. The highest BCUT2D eigenvalue weighted by atomic mass is 19.1. The zero-order valence-corrected chi connectivity index (χ0v) is 10.3. The minimum absolute atomic E-state index is 0.250. The van der Waals surface area contributed by atoms with E-state index in [9.17, 15) is 4.39 Å². The minimum Gasteiger partial charge on any atom is -0.454 e. The molecule has 0 unspecified atom stereocenters. The summed E-state index contributed by atoms with van der Waals surface area (Å²) in [5, 5.41) is 0. The van der Waals surface area contributed by atoms with E-state index < -0.39 is 0 Å². The number of benzene rings is 2. The Balaban J connectivity index is 2.30. The van der Waals surface area contributed by atoms with E-state index in [0.29, 0.717) is 18.7 Å². The van der Waals surface area contributed by atoms with Crippen LogP contribution in [-0.2, 0) is 6.42 Å². The van der Waals surface area contributed by atoms with Crippen molar-refractivity contribution < 1.29 is 9.13 Å².